The van der Waals surface area contributed by atoms with Gasteiger partial charge in [-0.25, -0.2) is 0 Å². The zero-order valence-electron chi connectivity index (χ0n) is 8.66. The van der Waals surface area contributed by atoms with Gasteiger partial charge >= 0.3 is 6.18 Å². The molecule has 0 saturated heterocycles. The van der Waals surface area contributed by atoms with E-state index in [9.17, 15) is 18.0 Å². The van der Waals surface area contributed by atoms with E-state index in [2.05, 4.69) is 0 Å². The van der Waals surface area contributed by atoms with Crippen molar-refractivity contribution in [3.63, 3.8) is 0 Å². The zero-order valence-corrected chi connectivity index (χ0v) is 8.66. The molecule has 2 atom stereocenters. The van der Waals surface area contributed by atoms with Gasteiger partial charge < -0.3 is 0 Å². The van der Waals surface area contributed by atoms with Crippen molar-refractivity contribution in [2.24, 2.45) is 11.3 Å². The SMILES string of the molecule is N#C[C@@]1(C(=O)c2ccccc2)C[C@H]1C(F)(F)F. The first-order chi connectivity index (χ1) is 7.92. The fourth-order valence-corrected chi connectivity index (χ4v) is 1.93. The van der Waals surface area contributed by atoms with Crippen LogP contribution in [-0.4, -0.2) is 12.0 Å². The van der Waals surface area contributed by atoms with E-state index in [1.165, 1.54) is 18.2 Å². The lowest BCUT2D eigenvalue weighted by Crippen LogP contribution is -2.23. The van der Waals surface area contributed by atoms with Crippen molar-refractivity contribution >= 4 is 5.78 Å². The summed E-state index contributed by atoms with van der Waals surface area (Å²) in [6.45, 7) is 0. The Morgan fingerprint density at radius 3 is 2.35 bits per heavy atom. The van der Waals surface area contributed by atoms with Gasteiger partial charge in [-0.2, -0.15) is 18.4 Å². The topological polar surface area (TPSA) is 40.9 Å². The summed E-state index contributed by atoms with van der Waals surface area (Å²) in [6, 6.07) is 9.16. The maximum atomic E-state index is 12.5. The number of carbonyl (C=O) groups excluding carboxylic acids is 1. The van der Waals surface area contributed by atoms with Gasteiger partial charge in [-0.15, -0.1) is 0 Å². The second-order valence-electron chi connectivity index (χ2n) is 4.08. The van der Waals surface area contributed by atoms with E-state index in [-0.39, 0.29) is 5.56 Å². The molecule has 0 aromatic heterocycles. The molecular weight excluding hydrogens is 231 g/mol. The van der Waals surface area contributed by atoms with Crippen molar-refractivity contribution in [3.8, 4) is 6.07 Å². The van der Waals surface area contributed by atoms with Crippen molar-refractivity contribution in [2.45, 2.75) is 12.6 Å². The van der Waals surface area contributed by atoms with Gasteiger partial charge in [0.05, 0.1) is 12.0 Å². The molecule has 0 bridgehead atoms. The number of ketones is 1. The molecule has 0 heterocycles. The predicted molar refractivity (Wildman–Crippen MR) is 53.0 cm³/mol. The molecule has 0 aliphatic heterocycles. The minimum Gasteiger partial charge on any atom is -0.292 e. The monoisotopic (exact) mass is 239 g/mol. The molecule has 2 rings (SSSR count). The number of hydrogen-bond acceptors (Lipinski definition) is 2. The highest BCUT2D eigenvalue weighted by Crippen LogP contribution is 2.61. The Morgan fingerprint density at radius 2 is 1.94 bits per heavy atom. The molecule has 0 radical (unpaired) electrons. The highest BCUT2D eigenvalue weighted by molar-refractivity contribution is 6.04. The fraction of sp³-hybridized carbons (Fsp3) is 0.333. The lowest BCUT2D eigenvalue weighted by atomic mass is 9.93. The van der Waals surface area contributed by atoms with Crippen LogP contribution in [-0.2, 0) is 0 Å². The van der Waals surface area contributed by atoms with E-state index in [4.69, 9.17) is 5.26 Å². The van der Waals surface area contributed by atoms with Crippen molar-refractivity contribution in [2.75, 3.05) is 0 Å². The van der Waals surface area contributed by atoms with Gasteiger partial charge in [-0.05, 0) is 6.42 Å². The van der Waals surface area contributed by atoms with E-state index in [0.717, 1.165) is 0 Å². The maximum absolute atomic E-state index is 12.5. The molecule has 2 nitrogen and oxygen atoms in total. The number of Topliss-reactive ketones (excluding diaryl/α,β-unsaturated/α-hetero) is 1. The molecule has 1 aromatic rings. The molecule has 0 N–H and O–H groups in total. The van der Waals surface area contributed by atoms with Crippen LogP contribution < -0.4 is 0 Å². The van der Waals surface area contributed by atoms with Gasteiger partial charge in [0.15, 0.2) is 5.78 Å². The molecule has 17 heavy (non-hydrogen) atoms. The molecule has 1 aliphatic rings. The summed E-state index contributed by atoms with van der Waals surface area (Å²) in [6.07, 6.45) is -4.92. The number of carbonyl (C=O) groups is 1. The Labute approximate surface area is 95.7 Å². The van der Waals surface area contributed by atoms with Gasteiger partial charge in [0.25, 0.3) is 0 Å². The molecule has 0 amide bonds. The number of halogens is 3. The summed E-state index contributed by atoms with van der Waals surface area (Å²) in [7, 11) is 0. The number of nitrogens with zero attached hydrogens (tertiary/aromatic N) is 1. The molecule has 5 heteroatoms. The second kappa shape index (κ2) is 3.59. The van der Waals surface area contributed by atoms with E-state index in [1.807, 2.05) is 0 Å². The number of benzene rings is 1. The average Bonchev–Trinajstić information content (AvgIpc) is 3.05. The smallest absolute Gasteiger partial charge is 0.292 e. The summed E-state index contributed by atoms with van der Waals surface area (Å²) in [4.78, 5) is 11.9. The molecular formula is C12H8F3NO. The average molecular weight is 239 g/mol. The molecule has 1 aromatic carbocycles. The van der Waals surface area contributed by atoms with Crippen LogP contribution in [0.15, 0.2) is 30.3 Å². The molecule has 0 spiro atoms. The summed E-state index contributed by atoms with van der Waals surface area (Å²) in [5.74, 6) is -2.56. The molecule has 0 unspecified atom stereocenters. The first kappa shape index (κ1) is 11.6. The van der Waals surface area contributed by atoms with Gasteiger partial charge in [0.2, 0.25) is 0 Å². The standard InChI is InChI=1S/C12H8F3NO/c13-12(14,15)9-6-11(9,7-16)10(17)8-4-2-1-3-5-8/h1-5,9H,6H2/t9-,11+/m1/s1. The first-order valence-corrected chi connectivity index (χ1v) is 4.99. The van der Waals surface area contributed by atoms with Gasteiger partial charge in [-0.3, -0.25) is 4.79 Å². The van der Waals surface area contributed by atoms with Crippen LogP contribution in [0, 0.1) is 22.7 Å². The highest BCUT2D eigenvalue weighted by atomic mass is 19.4. The van der Waals surface area contributed by atoms with Crippen LogP contribution in [0.2, 0.25) is 0 Å². The Kier molecular flexibility index (Phi) is 2.46. The van der Waals surface area contributed by atoms with Crippen molar-refractivity contribution < 1.29 is 18.0 Å². The summed E-state index contributed by atoms with van der Waals surface area (Å²) in [5.41, 5.74) is -1.75. The third-order valence-electron chi connectivity index (χ3n) is 3.00. The Hall–Kier alpha value is -1.83. The van der Waals surface area contributed by atoms with Crippen molar-refractivity contribution in [3.05, 3.63) is 35.9 Å². The lowest BCUT2D eigenvalue weighted by Gasteiger charge is -2.10. The third kappa shape index (κ3) is 1.80. The number of nitriles is 1. The van der Waals surface area contributed by atoms with Crippen molar-refractivity contribution in [1.29, 1.82) is 5.26 Å². The zero-order chi connectivity index (χ0) is 12.7. The Bertz CT molecular complexity index is 489. The quantitative estimate of drug-likeness (QED) is 0.744. The van der Waals surface area contributed by atoms with E-state index in [0.29, 0.717) is 0 Å². The molecule has 1 aliphatic carbocycles. The van der Waals surface area contributed by atoms with E-state index < -0.39 is 29.7 Å². The summed E-state index contributed by atoms with van der Waals surface area (Å²) in [5, 5.41) is 8.85. The third-order valence-corrected chi connectivity index (χ3v) is 3.00. The van der Waals surface area contributed by atoms with Crippen LogP contribution in [0.1, 0.15) is 16.8 Å². The Balaban J connectivity index is 2.30. The van der Waals surface area contributed by atoms with Crippen molar-refractivity contribution in [1.82, 2.24) is 0 Å². The normalized spacial score (nSPS) is 27.3. The fourth-order valence-electron chi connectivity index (χ4n) is 1.93. The summed E-state index contributed by atoms with van der Waals surface area (Å²) < 4.78 is 37.5. The second-order valence-corrected chi connectivity index (χ2v) is 4.08. The van der Waals surface area contributed by atoms with Crippen LogP contribution >= 0.6 is 0 Å². The minimum atomic E-state index is -4.49. The Morgan fingerprint density at radius 1 is 1.35 bits per heavy atom. The highest BCUT2D eigenvalue weighted by Gasteiger charge is 2.71. The number of alkyl halides is 3. The predicted octanol–water partition coefficient (Wildman–Crippen LogP) is 2.96. The van der Waals surface area contributed by atoms with Gasteiger partial charge in [0, 0.05) is 5.56 Å². The van der Waals surface area contributed by atoms with Gasteiger partial charge in [-0.1, -0.05) is 30.3 Å². The molecule has 1 fully saturated rings. The van der Waals surface area contributed by atoms with E-state index in [1.54, 1.807) is 18.2 Å². The minimum absolute atomic E-state index is 0.154. The maximum Gasteiger partial charge on any atom is 0.393 e. The first-order valence-electron chi connectivity index (χ1n) is 4.99. The van der Waals surface area contributed by atoms with Crippen LogP contribution in [0.5, 0.6) is 0 Å². The van der Waals surface area contributed by atoms with Gasteiger partial charge in [0.1, 0.15) is 5.41 Å². The number of rotatable bonds is 2. The lowest BCUT2D eigenvalue weighted by molar-refractivity contribution is -0.152. The molecule has 88 valence electrons. The van der Waals surface area contributed by atoms with Crippen LogP contribution in [0.3, 0.4) is 0 Å². The molecule has 1 saturated carbocycles. The summed E-state index contributed by atoms with van der Waals surface area (Å²) >= 11 is 0. The largest absolute Gasteiger partial charge is 0.393 e. The van der Waals surface area contributed by atoms with Crippen LogP contribution in [0.4, 0.5) is 13.2 Å². The number of hydrogen-bond donors (Lipinski definition) is 0. The van der Waals surface area contributed by atoms with Crippen LogP contribution in [0.25, 0.3) is 0 Å². The van der Waals surface area contributed by atoms with E-state index >= 15 is 0 Å².